The van der Waals surface area contributed by atoms with Gasteiger partial charge in [0.25, 0.3) is 0 Å². The average molecular weight is 263 g/mol. The molecule has 0 fully saturated rings. The van der Waals surface area contributed by atoms with Crippen LogP contribution in [0.15, 0.2) is 24.3 Å². The van der Waals surface area contributed by atoms with E-state index in [9.17, 15) is 0 Å². The minimum atomic E-state index is 0.0506. The van der Waals surface area contributed by atoms with Crippen LogP contribution in [0.1, 0.15) is 28.1 Å². The SMILES string of the molecule is CCc1ccccc1OCc1nc(C)c(CO)s1. The summed E-state index contributed by atoms with van der Waals surface area (Å²) in [6, 6.07) is 8.04. The molecule has 0 saturated carbocycles. The minimum Gasteiger partial charge on any atom is -0.486 e. The second-order valence-corrected chi connectivity index (χ2v) is 5.19. The van der Waals surface area contributed by atoms with Crippen LogP contribution in [0.4, 0.5) is 0 Å². The molecule has 1 N–H and O–H groups in total. The van der Waals surface area contributed by atoms with Gasteiger partial charge in [0.2, 0.25) is 0 Å². The monoisotopic (exact) mass is 263 g/mol. The van der Waals surface area contributed by atoms with E-state index in [2.05, 4.69) is 18.0 Å². The van der Waals surface area contributed by atoms with E-state index in [0.717, 1.165) is 27.7 Å². The van der Waals surface area contributed by atoms with Crippen molar-refractivity contribution in [2.45, 2.75) is 33.5 Å². The summed E-state index contributed by atoms with van der Waals surface area (Å²) in [7, 11) is 0. The average Bonchev–Trinajstić information content (AvgIpc) is 2.77. The summed E-state index contributed by atoms with van der Waals surface area (Å²) in [4.78, 5) is 5.30. The summed E-state index contributed by atoms with van der Waals surface area (Å²) in [5.74, 6) is 0.915. The van der Waals surface area contributed by atoms with Crippen molar-refractivity contribution in [1.29, 1.82) is 0 Å². The van der Waals surface area contributed by atoms with Crippen LogP contribution >= 0.6 is 11.3 Å². The lowest BCUT2D eigenvalue weighted by Crippen LogP contribution is -1.97. The second-order valence-electron chi connectivity index (χ2n) is 4.02. The molecule has 0 bridgehead atoms. The van der Waals surface area contributed by atoms with E-state index < -0.39 is 0 Å². The quantitative estimate of drug-likeness (QED) is 0.901. The highest BCUT2D eigenvalue weighted by molar-refractivity contribution is 7.11. The van der Waals surface area contributed by atoms with Gasteiger partial charge in [-0.2, -0.15) is 0 Å². The van der Waals surface area contributed by atoms with E-state index in [1.165, 1.54) is 16.9 Å². The van der Waals surface area contributed by atoms with Crippen molar-refractivity contribution in [1.82, 2.24) is 4.98 Å². The first-order valence-electron chi connectivity index (χ1n) is 6.01. The Morgan fingerprint density at radius 2 is 2.11 bits per heavy atom. The lowest BCUT2D eigenvalue weighted by atomic mass is 10.1. The maximum Gasteiger partial charge on any atom is 0.140 e. The zero-order valence-corrected chi connectivity index (χ0v) is 11.5. The molecule has 0 amide bonds. The maximum absolute atomic E-state index is 9.13. The third kappa shape index (κ3) is 2.89. The summed E-state index contributed by atoms with van der Waals surface area (Å²) in [6.07, 6.45) is 0.953. The number of aryl methyl sites for hydroxylation is 2. The molecule has 1 heterocycles. The molecule has 3 nitrogen and oxygen atoms in total. The zero-order chi connectivity index (χ0) is 13.0. The molecule has 0 radical (unpaired) electrons. The predicted octanol–water partition coefficient (Wildman–Crippen LogP) is 3.09. The van der Waals surface area contributed by atoms with E-state index in [1.807, 2.05) is 25.1 Å². The number of benzene rings is 1. The Morgan fingerprint density at radius 1 is 1.33 bits per heavy atom. The molecule has 1 aromatic carbocycles. The van der Waals surface area contributed by atoms with Gasteiger partial charge in [0.05, 0.1) is 17.2 Å². The van der Waals surface area contributed by atoms with Gasteiger partial charge in [-0.25, -0.2) is 4.98 Å². The van der Waals surface area contributed by atoms with Gasteiger partial charge in [-0.3, -0.25) is 0 Å². The number of thiazole rings is 1. The fraction of sp³-hybridized carbons (Fsp3) is 0.357. The van der Waals surface area contributed by atoms with Crippen LogP contribution in [0, 0.1) is 6.92 Å². The highest BCUT2D eigenvalue weighted by atomic mass is 32.1. The first-order chi connectivity index (χ1) is 8.74. The van der Waals surface area contributed by atoms with Crippen molar-refractivity contribution in [3.05, 3.63) is 45.4 Å². The molecule has 0 aliphatic rings. The Hall–Kier alpha value is -1.39. The van der Waals surface area contributed by atoms with Gasteiger partial charge in [0.15, 0.2) is 0 Å². The first-order valence-corrected chi connectivity index (χ1v) is 6.83. The van der Waals surface area contributed by atoms with Gasteiger partial charge in [-0.05, 0) is 25.0 Å². The van der Waals surface area contributed by atoms with Crippen LogP contribution in [0.25, 0.3) is 0 Å². The molecule has 18 heavy (non-hydrogen) atoms. The van der Waals surface area contributed by atoms with Crippen LogP contribution in [-0.4, -0.2) is 10.1 Å². The molecule has 1 aromatic heterocycles. The van der Waals surface area contributed by atoms with Gasteiger partial charge >= 0.3 is 0 Å². The Balaban J connectivity index is 2.06. The van der Waals surface area contributed by atoms with Crippen molar-refractivity contribution in [3.8, 4) is 5.75 Å². The van der Waals surface area contributed by atoms with E-state index >= 15 is 0 Å². The number of hydrogen-bond donors (Lipinski definition) is 1. The van der Waals surface area contributed by atoms with E-state index in [4.69, 9.17) is 9.84 Å². The Bertz CT molecular complexity index is 522. The maximum atomic E-state index is 9.13. The van der Waals surface area contributed by atoms with Crippen LogP contribution < -0.4 is 4.74 Å². The van der Waals surface area contributed by atoms with Gasteiger partial charge in [-0.1, -0.05) is 25.1 Å². The normalized spacial score (nSPS) is 10.6. The molecule has 0 saturated heterocycles. The summed E-state index contributed by atoms with van der Waals surface area (Å²) >= 11 is 1.51. The molecule has 4 heteroatoms. The second kappa shape index (κ2) is 5.98. The number of ether oxygens (including phenoxy) is 1. The topological polar surface area (TPSA) is 42.4 Å². The number of rotatable bonds is 5. The molecule has 2 rings (SSSR count). The lowest BCUT2D eigenvalue weighted by molar-refractivity contribution is 0.284. The third-order valence-corrected chi connectivity index (χ3v) is 3.90. The molecule has 0 unspecified atom stereocenters. The van der Waals surface area contributed by atoms with Crippen LogP contribution in [0.3, 0.4) is 0 Å². The van der Waals surface area contributed by atoms with Crippen molar-refractivity contribution in [2.24, 2.45) is 0 Å². The van der Waals surface area contributed by atoms with Gasteiger partial charge < -0.3 is 9.84 Å². The van der Waals surface area contributed by atoms with Gasteiger partial charge in [-0.15, -0.1) is 11.3 Å². The van der Waals surface area contributed by atoms with Gasteiger partial charge in [0.1, 0.15) is 17.4 Å². The number of nitrogens with zero attached hydrogens (tertiary/aromatic N) is 1. The highest BCUT2D eigenvalue weighted by Crippen LogP contribution is 2.22. The number of aliphatic hydroxyl groups is 1. The molecule has 0 atom stereocenters. The van der Waals surface area contributed by atoms with Crippen LogP contribution in [-0.2, 0) is 19.6 Å². The summed E-state index contributed by atoms with van der Waals surface area (Å²) in [5.41, 5.74) is 2.10. The molecule has 0 spiro atoms. The lowest BCUT2D eigenvalue weighted by Gasteiger charge is -2.08. The van der Waals surface area contributed by atoms with Crippen molar-refractivity contribution in [3.63, 3.8) is 0 Å². The number of hydrogen-bond acceptors (Lipinski definition) is 4. The first kappa shape index (κ1) is 13.1. The highest BCUT2D eigenvalue weighted by Gasteiger charge is 2.08. The summed E-state index contributed by atoms with van der Waals surface area (Å²) in [6.45, 7) is 4.53. The Labute approximate surface area is 111 Å². The minimum absolute atomic E-state index is 0.0506. The third-order valence-electron chi connectivity index (χ3n) is 2.79. The van der Waals surface area contributed by atoms with Crippen molar-refractivity contribution in [2.75, 3.05) is 0 Å². The van der Waals surface area contributed by atoms with Gasteiger partial charge in [0, 0.05) is 0 Å². The molecular formula is C14H17NO2S. The van der Waals surface area contributed by atoms with Crippen molar-refractivity contribution >= 4 is 11.3 Å². The van der Waals surface area contributed by atoms with Crippen LogP contribution in [0.2, 0.25) is 0 Å². The molecular weight excluding hydrogens is 246 g/mol. The fourth-order valence-electron chi connectivity index (χ4n) is 1.77. The van der Waals surface area contributed by atoms with E-state index in [0.29, 0.717) is 6.61 Å². The van der Waals surface area contributed by atoms with Crippen molar-refractivity contribution < 1.29 is 9.84 Å². The Kier molecular flexibility index (Phi) is 4.33. The number of aliphatic hydroxyl groups excluding tert-OH is 1. The standard InChI is InChI=1S/C14H17NO2S/c1-3-11-6-4-5-7-12(11)17-9-14-15-10(2)13(8-16)18-14/h4-7,16H,3,8-9H2,1-2H3. The Morgan fingerprint density at radius 3 is 2.78 bits per heavy atom. The molecule has 0 aliphatic carbocycles. The number of aromatic nitrogens is 1. The molecule has 96 valence electrons. The summed E-state index contributed by atoms with van der Waals surface area (Å²) in [5, 5.41) is 10.0. The molecule has 0 aliphatic heterocycles. The molecule has 2 aromatic rings. The smallest absolute Gasteiger partial charge is 0.140 e. The predicted molar refractivity (Wildman–Crippen MR) is 72.9 cm³/mol. The van der Waals surface area contributed by atoms with Crippen LogP contribution in [0.5, 0.6) is 5.75 Å². The summed E-state index contributed by atoms with van der Waals surface area (Å²) < 4.78 is 5.79. The fourth-order valence-corrected chi connectivity index (χ4v) is 2.62. The van der Waals surface area contributed by atoms with E-state index in [-0.39, 0.29) is 6.61 Å². The van der Waals surface area contributed by atoms with E-state index in [1.54, 1.807) is 0 Å². The largest absolute Gasteiger partial charge is 0.486 e. The number of para-hydroxylation sites is 1. The zero-order valence-electron chi connectivity index (χ0n) is 10.6.